The highest BCUT2D eigenvalue weighted by Gasteiger charge is 2.39. The summed E-state index contributed by atoms with van der Waals surface area (Å²) >= 11 is 0. The maximum absolute atomic E-state index is 6.36. The van der Waals surface area contributed by atoms with Crippen LogP contribution in [0, 0.1) is 11.3 Å². The summed E-state index contributed by atoms with van der Waals surface area (Å²) in [6, 6.07) is 0.537. The first kappa shape index (κ1) is 15.3. The summed E-state index contributed by atoms with van der Waals surface area (Å²) in [5.41, 5.74) is 0.380. The molecule has 2 saturated carbocycles. The van der Waals surface area contributed by atoms with E-state index in [0.717, 1.165) is 19.1 Å². The molecular weight excluding hydrogens is 234 g/mol. The Bertz CT molecular complexity index is 258. The Balaban J connectivity index is 1.85. The van der Waals surface area contributed by atoms with E-state index in [9.17, 15) is 0 Å². The Labute approximate surface area is 119 Å². The van der Waals surface area contributed by atoms with E-state index < -0.39 is 0 Å². The van der Waals surface area contributed by atoms with E-state index in [-0.39, 0.29) is 0 Å². The number of rotatable bonds is 5. The molecule has 2 nitrogen and oxygen atoms in total. The van der Waals surface area contributed by atoms with Gasteiger partial charge >= 0.3 is 0 Å². The van der Waals surface area contributed by atoms with Crippen molar-refractivity contribution in [1.29, 1.82) is 0 Å². The number of ether oxygens (including phenoxy) is 1. The Morgan fingerprint density at radius 2 is 1.79 bits per heavy atom. The van der Waals surface area contributed by atoms with E-state index in [1.165, 1.54) is 51.4 Å². The fourth-order valence-corrected chi connectivity index (χ4v) is 4.00. The summed E-state index contributed by atoms with van der Waals surface area (Å²) in [6.07, 6.45) is 11.4. The van der Waals surface area contributed by atoms with Crippen LogP contribution < -0.4 is 5.32 Å². The summed E-state index contributed by atoms with van der Waals surface area (Å²) in [5.74, 6) is 0.834. The fourth-order valence-electron chi connectivity index (χ4n) is 4.00. The largest absolute Gasteiger partial charge is 0.376 e. The van der Waals surface area contributed by atoms with Gasteiger partial charge in [-0.2, -0.15) is 0 Å². The molecule has 2 unspecified atom stereocenters. The van der Waals surface area contributed by atoms with Gasteiger partial charge in [-0.3, -0.25) is 0 Å². The van der Waals surface area contributed by atoms with Crippen molar-refractivity contribution in [3.8, 4) is 0 Å². The van der Waals surface area contributed by atoms with E-state index in [4.69, 9.17) is 4.74 Å². The van der Waals surface area contributed by atoms with Crippen LogP contribution in [0.25, 0.3) is 0 Å². The van der Waals surface area contributed by atoms with Crippen LogP contribution in [0.1, 0.15) is 72.1 Å². The van der Waals surface area contributed by atoms with Gasteiger partial charge in [-0.05, 0) is 43.6 Å². The van der Waals surface area contributed by atoms with E-state index in [0.29, 0.717) is 17.6 Å². The number of hydrogen-bond acceptors (Lipinski definition) is 2. The Morgan fingerprint density at radius 3 is 2.47 bits per heavy atom. The highest BCUT2D eigenvalue weighted by molar-refractivity contribution is 4.94. The molecule has 0 bridgehead atoms. The summed E-state index contributed by atoms with van der Waals surface area (Å²) in [6.45, 7) is 9.07. The highest BCUT2D eigenvalue weighted by Crippen LogP contribution is 2.37. The standard InChI is InChI=1S/C17H33NO/c1-4-18-16-15(11-8-12-17(16,2)3)19-13-14-9-6-5-7-10-14/h14-16,18H,4-13H2,1-3H3. The van der Waals surface area contributed by atoms with Crippen molar-refractivity contribution in [3.63, 3.8) is 0 Å². The smallest absolute Gasteiger partial charge is 0.0733 e. The first-order chi connectivity index (χ1) is 9.13. The lowest BCUT2D eigenvalue weighted by Crippen LogP contribution is -2.53. The van der Waals surface area contributed by atoms with Crippen LogP contribution >= 0.6 is 0 Å². The average Bonchev–Trinajstić information content (AvgIpc) is 2.40. The van der Waals surface area contributed by atoms with E-state index in [2.05, 4.69) is 26.1 Å². The molecule has 112 valence electrons. The SMILES string of the molecule is CCNC1C(OCC2CCCCC2)CCCC1(C)C. The van der Waals surface area contributed by atoms with Crippen LogP contribution in [0.15, 0.2) is 0 Å². The second-order valence-corrected chi connectivity index (χ2v) is 7.29. The van der Waals surface area contributed by atoms with Crippen molar-refractivity contribution in [1.82, 2.24) is 5.32 Å². The van der Waals surface area contributed by atoms with Crippen molar-refractivity contribution in [2.75, 3.05) is 13.2 Å². The zero-order chi connectivity index (χ0) is 13.7. The van der Waals surface area contributed by atoms with Gasteiger partial charge in [0.2, 0.25) is 0 Å². The van der Waals surface area contributed by atoms with Crippen molar-refractivity contribution < 1.29 is 4.74 Å². The van der Waals surface area contributed by atoms with Gasteiger partial charge in [-0.15, -0.1) is 0 Å². The van der Waals surface area contributed by atoms with E-state index in [1.807, 2.05) is 0 Å². The zero-order valence-electron chi connectivity index (χ0n) is 13.2. The van der Waals surface area contributed by atoms with Crippen LogP contribution in [0.5, 0.6) is 0 Å². The molecule has 0 radical (unpaired) electrons. The molecular formula is C17H33NO. The normalized spacial score (nSPS) is 32.4. The van der Waals surface area contributed by atoms with E-state index in [1.54, 1.807) is 0 Å². The predicted octanol–water partition coefficient (Wildman–Crippen LogP) is 4.14. The molecule has 2 atom stereocenters. The van der Waals surface area contributed by atoms with Crippen LogP contribution in [-0.2, 0) is 4.74 Å². The molecule has 0 saturated heterocycles. The maximum atomic E-state index is 6.36. The van der Waals surface area contributed by atoms with Crippen molar-refractivity contribution in [2.45, 2.75) is 84.3 Å². The molecule has 0 spiro atoms. The monoisotopic (exact) mass is 267 g/mol. The Hall–Kier alpha value is -0.0800. The molecule has 19 heavy (non-hydrogen) atoms. The quantitative estimate of drug-likeness (QED) is 0.808. The molecule has 2 aliphatic rings. The van der Waals surface area contributed by atoms with Crippen LogP contribution in [0.3, 0.4) is 0 Å². The molecule has 0 aromatic rings. The van der Waals surface area contributed by atoms with Crippen LogP contribution in [0.2, 0.25) is 0 Å². The minimum Gasteiger partial charge on any atom is -0.376 e. The van der Waals surface area contributed by atoms with E-state index >= 15 is 0 Å². The first-order valence-electron chi connectivity index (χ1n) is 8.48. The lowest BCUT2D eigenvalue weighted by atomic mass is 9.71. The molecule has 1 N–H and O–H groups in total. The van der Waals surface area contributed by atoms with Gasteiger partial charge in [-0.25, -0.2) is 0 Å². The van der Waals surface area contributed by atoms with Gasteiger partial charge in [0.05, 0.1) is 6.10 Å². The van der Waals surface area contributed by atoms with Gasteiger partial charge in [-0.1, -0.05) is 46.5 Å². The number of likely N-dealkylation sites (N-methyl/N-ethyl adjacent to an activating group) is 1. The zero-order valence-corrected chi connectivity index (χ0v) is 13.2. The lowest BCUT2D eigenvalue weighted by Gasteiger charge is -2.44. The molecule has 2 aliphatic carbocycles. The van der Waals surface area contributed by atoms with Crippen molar-refractivity contribution in [3.05, 3.63) is 0 Å². The molecule has 0 heterocycles. The third kappa shape index (κ3) is 4.19. The summed E-state index contributed by atoms with van der Waals surface area (Å²) in [4.78, 5) is 0. The minimum absolute atomic E-state index is 0.380. The summed E-state index contributed by atoms with van der Waals surface area (Å²) in [7, 11) is 0. The molecule has 2 fully saturated rings. The summed E-state index contributed by atoms with van der Waals surface area (Å²) < 4.78 is 6.36. The molecule has 0 aromatic heterocycles. The number of nitrogens with one attached hydrogen (secondary N) is 1. The third-order valence-corrected chi connectivity index (χ3v) is 5.22. The lowest BCUT2D eigenvalue weighted by molar-refractivity contribution is -0.0524. The second kappa shape index (κ2) is 7.08. The maximum Gasteiger partial charge on any atom is 0.0733 e. The highest BCUT2D eigenvalue weighted by atomic mass is 16.5. The second-order valence-electron chi connectivity index (χ2n) is 7.29. The van der Waals surface area contributed by atoms with Crippen LogP contribution in [-0.4, -0.2) is 25.3 Å². The van der Waals surface area contributed by atoms with Gasteiger partial charge in [0, 0.05) is 12.6 Å². The minimum atomic E-state index is 0.380. The van der Waals surface area contributed by atoms with Gasteiger partial charge in [0.1, 0.15) is 0 Å². The van der Waals surface area contributed by atoms with Crippen molar-refractivity contribution in [2.24, 2.45) is 11.3 Å². The van der Waals surface area contributed by atoms with Crippen molar-refractivity contribution >= 4 is 0 Å². The average molecular weight is 267 g/mol. The molecule has 0 aromatic carbocycles. The van der Waals surface area contributed by atoms with Crippen LogP contribution in [0.4, 0.5) is 0 Å². The Morgan fingerprint density at radius 1 is 1.05 bits per heavy atom. The van der Waals surface area contributed by atoms with Gasteiger partial charge < -0.3 is 10.1 Å². The van der Waals surface area contributed by atoms with Gasteiger partial charge in [0.25, 0.3) is 0 Å². The molecule has 0 amide bonds. The Kier molecular flexibility index (Phi) is 5.70. The fraction of sp³-hybridized carbons (Fsp3) is 1.00. The number of hydrogen-bond donors (Lipinski definition) is 1. The predicted molar refractivity (Wildman–Crippen MR) is 81.4 cm³/mol. The molecule has 2 heteroatoms. The molecule has 2 rings (SSSR count). The summed E-state index contributed by atoms with van der Waals surface area (Å²) in [5, 5.41) is 3.69. The first-order valence-corrected chi connectivity index (χ1v) is 8.48. The van der Waals surface area contributed by atoms with Gasteiger partial charge in [0.15, 0.2) is 0 Å². The molecule has 0 aliphatic heterocycles. The third-order valence-electron chi connectivity index (χ3n) is 5.22. The topological polar surface area (TPSA) is 21.3 Å².